The molecule has 0 unspecified atom stereocenters. The molecular weight excluding hydrogens is 452 g/mol. The Kier molecular flexibility index (Phi) is 6.66. The number of nitrogen functional groups attached to an aromatic ring is 1. The molecule has 3 heterocycles. The summed E-state index contributed by atoms with van der Waals surface area (Å²) in [6, 6.07) is 21.1. The molecule has 0 spiro atoms. The Morgan fingerprint density at radius 2 is 1.53 bits per heavy atom. The van der Waals surface area contributed by atoms with Crippen LogP contribution in [0.3, 0.4) is 0 Å². The van der Waals surface area contributed by atoms with E-state index in [9.17, 15) is 9.59 Å². The SMILES string of the molecule is N=C(N)c1ccc(C(=O)N[C@H]2C[C@H]3CC[C@@H](C2)N3c2ccc(C(=O)NCc3ccccc3)cn2)cc1. The molecule has 5 N–H and O–H groups in total. The number of hydrogen-bond donors (Lipinski definition) is 4. The summed E-state index contributed by atoms with van der Waals surface area (Å²) in [5.41, 5.74) is 8.26. The highest BCUT2D eigenvalue weighted by Crippen LogP contribution is 2.38. The maximum Gasteiger partial charge on any atom is 0.253 e. The summed E-state index contributed by atoms with van der Waals surface area (Å²) >= 11 is 0. The molecule has 36 heavy (non-hydrogen) atoms. The van der Waals surface area contributed by atoms with Crippen molar-refractivity contribution in [3.05, 3.63) is 95.2 Å². The molecule has 2 saturated heterocycles. The first-order valence-corrected chi connectivity index (χ1v) is 12.3. The number of nitrogens with one attached hydrogen (secondary N) is 3. The molecule has 1 aromatic heterocycles. The number of amides is 2. The van der Waals surface area contributed by atoms with E-state index in [-0.39, 0.29) is 23.7 Å². The molecule has 0 saturated carbocycles. The van der Waals surface area contributed by atoms with Crippen molar-refractivity contribution in [1.29, 1.82) is 5.41 Å². The summed E-state index contributed by atoms with van der Waals surface area (Å²) in [4.78, 5) is 32.3. The van der Waals surface area contributed by atoms with Crippen LogP contribution in [0.4, 0.5) is 5.82 Å². The van der Waals surface area contributed by atoms with Gasteiger partial charge in [0.1, 0.15) is 11.7 Å². The second-order valence-electron chi connectivity index (χ2n) is 9.50. The van der Waals surface area contributed by atoms with E-state index in [1.54, 1.807) is 30.5 Å². The Bertz CT molecular complexity index is 1230. The highest BCUT2D eigenvalue weighted by atomic mass is 16.2. The summed E-state index contributed by atoms with van der Waals surface area (Å²) in [6.45, 7) is 0.478. The molecule has 3 atom stereocenters. The lowest BCUT2D eigenvalue weighted by Crippen LogP contribution is -2.50. The number of nitrogens with zero attached hydrogens (tertiary/aromatic N) is 2. The van der Waals surface area contributed by atoms with E-state index in [4.69, 9.17) is 11.1 Å². The fraction of sp³-hybridized carbons (Fsp3) is 0.286. The Morgan fingerprint density at radius 3 is 2.14 bits per heavy atom. The van der Waals surface area contributed by atoms with Crippen molar-refractivity contribution in [3.8, 4) is 0 Å². The summed E-state index contributed by atoms with van der Waals surface area (Å²) in [7, 11) is 0. The van der Waals surface area contributed by atoms with Crippen molar-refractivity contribution in [2.45, 2.75) is 50.4 Å². The number of carbonyl (C=O) groups is 2. The lowest BCUT2D eigenvalue weighted by molar-refractivity contribution is 0.0924. The van der Waals surface area contributed by atoms with E-state index in [0.717, 1.165) is 37.1 Å². The highest BCUT2D eigenvalue weighted by Gasteiger charge is 2.41. The van der Waals surface area contributed by atoms with Gasteiger partial charge in [-0.25, -0.2) is 4.98 Å². The minimum absolute atomic E-state index is 0.0136. The molecule has 2 amide bonds. The van der Waals surface area contributed by atoms with Crippen LogP contribution in [-0.4, -0.2) is 40.8 Å². The lowest BCUT2D eigenvalue weighted by atomic mass is 9.96. The monoisotopic (exact) mass is 482 g/mol. The van der Waals surface area contributed by atoms with E-state index >= 15 is 0 Å². The van der Waals surface area contributed by atoms with Crippen LogP contribution in [0.2, 0.25) is 0 Å². The number of amidine groups is 1. The third-order valence-electron chi connectivity index (χ3n) is 7.10. The normalized spacial score (nSPS) is 20.6. The van der Waals surface area contributed by atoms with Gasteiger partial charge in [0, 0.05) is 42.0 Å². The van der Waals surface area contributed by atoms with Crippen LogP contribution in [0.1, 0.15) is 57.5 Å². The van der Waals surface area contributed by atoms with Gasteiger partial charge in [-0.1, -0.05) is 42.5 Å². The standard InChI is InChI=1S/C28H30N6O2/c29-26(30)19-6-8-20(9-7-19)28(36)33-22-14-23-11-12-24(15-22)34(23)25-13-10-21(17-31-25)27(35)32-16-18-4-2-1-3-5-18/h1-10,13,17,22-24H,11-12,14-16H2,(H3,29,30)(H,32,35)(H,33,36)/t22-,23+,24-. The number of piperidine rings is 1. The lowest BCUT2D eigenvalue weighted by Gasteiger charge is -2.40. The smallest absolute Gasteiger partial charge is 0.253 e. The van der Waals surface area contributed by atoms with Crippen molar-refractivity contribution in [2.75, 3.05) is 4.90 Å². The Labute approximate surface area is 210 Å². The van der Waals surface area contributed by atoms with E-state index in [0.29, 0.717) is 35.3 Å². The number of aromatic nitrogens is 1. The number of hydrogen-bond acceptors (Lipinski definition) is 5. The van der Waals surface area contributed by atoms with E-state index in [1.807, 2.05) is 42.5 Å². The molecule has 5 rings (SSSR count). The third kappa shape index (κ3) is 5.07. The molecule has 0 radical (unpaired) electrons. The summed E-state index contributed by atoms with van der Waals surface area (Å²) in [5.74, 6) is 0.623. The largest absolute Gasteiger partial charge is 0.384 e. The van der Waals surface area contributed by atoms with Gasteiger partial charge in [-0.3, -0.25) is 15.0 Å². The van der Waals surface area contributed by atoms with E-state index in [1.165, 1.54) is 0 Å². The fourth-order valence-corrected chi connectivity index (χ4v) is 5.29. The molecule has 3 aromatic rings. The van der Waals surface area contributed by atoms with E-state index < -0.39 is 0 Å². The first-order chi connectivity index (χ1) is 17.5. The maximum atomic E-state index is 12.8. The van der Waals surface area contributed by atoms with Gasteiger partial charge >= 0.3 is 0 Å². The first kappa shape index (κ1) is 23.5. The zero-order valence-corrected chi connectivity index (χ0v) is 20.0. The number of benzene rings is 2. The van der Waals surface area contributed by atoms with Crippen molar-refractivity contribution in [1.82, 2.24) is 15.6 Å². The van der Waals surface area contributed by atoms with Gasteiger partial charge in [0.15, 0.2) is 0 Å². The van der Waals surface area contributed by atoms with E-state index in [2.05, 4.69) is 20.5 Å². The zero-order chi connectivity index (χ0) is 25.1. The molecule has 2 aliphatic heterocycles. The number of anilines is 1. The predicted octanol–water partition coefficient (Wildman–Crippen LogP) is 3.23. The van der Waals surface area contributed by atoms with Gasteiger partial charge in [0.25, 0.3) is 11.8 Å². The van der Waals surface area contributed by atoms with Crippen LogP contribution in [0.5, 0.6) is 0 Å². The molecule has 2 aliphatic rings. The predicted molar refractivity (Wildman–Crippen MR) is 139 cm³/mol. The van der Waals surface area contributed by atoms with Crippen molar-refractivity contribution >= 4 is 23.5 Å². The number of fused-ring (bicyclic) bond motifs is 2. The van der Waals surface area contributed by atoms with Crippen LogP contribution in [0.15, 0.2) is 72.9 Å². The number of carbonyl (C=O) groups excluding carboxylic acids is 2. The minimum Gasteiger partial charge on any atom is -0.384 e. The minimum atomic E-state index is -0.140. The Hall–Kier alpha value is -4.20. The third-order valence-corrected chi connectivity index (χ3v) is 7.10. The Morgan fingerprint density at radius 1 is 0.889 bits per heavy atom. The second kappa shape index (κ2) is 10.2. The van der Waals surface area contributed by atoms with Crippen LogP contribution in [0.25, 0.3) is 0 Å². The van der Waals surface area contributed by atoms with Crippen molar-refractivity contribution in [2.24, 2.45) is 5.73 Å². The van der Waals surface area contributed by atoms with Crippen LogP contribution < -0.4 is 21.3 Å². The number of pyridine rings is 1. The van der Waals surface area contributed by atoms with Crippen LogP contribution in [0, 0.1) is 5.41 Å². The number of nitrogens with two attached hydrogens (primary N) is 1. The molecule has 8 nitrogen and oxygen atoms in total. The van der Waals surface area contributed by atoms with Gasteiger partial charge in [0.2, 0.25) is 0 Å². The van der Waals surface area contributed by atoms with Crippen LogP contribution in [-0.2, 0) is 6.54 Å². The summed E-state index contributed by atoms with van der Waals surface area (Å²) in [5, 5.41) is 13.6. The molecule has 184 valence electrons. The van der Waals surface area contributed by atoms with Crippen molar-refractivity contribution in [3.63, 3.8) is 0 Å². The summed E-state index contributed by atoms with van der Waals surface area (Å²) in [6.07, 6.45) is 5.48. The van der Waals surface area contributed by atoms with Gasteiger partial charge < -0.3 is 21.3 Å². The van der Waals surface area contributed by atoms with Gasteiger partial charge in [-0.15, -0.1) is 0 Å². The molecular formula is C28H30N6O2. The van der Waals surface area contributed by atoms with Gasteiger partial charge in [-0.2, -0.15) is 0 Å². The molecule has 0 aliphatic carbocycles. The maximum absolute atomic E-state index is 12.8. The number of rotatable bonds is 7. The molecule has 2 aromatic carbocycles. The first-order valence-electron chi connectivity index (χ1n) is 12.3. The second-order valence-corrected chi connectivity index (χ2v) is 9.50. The van der Waals surface area contributed by atoms with Gasteiger partial charge in [0.05, 0.1) is 5.56 Å². The Balaban J connectivity index is 1.18. The summed E-state index contributed by atoms with van der Waals surface area (Å²) < 4.78 is 0. The quantitative estimate of drug-likeness (QED) is 0.304. The fourth-order valence-electron chi connectivity index (χ4n) is 5.29. The topological polar surface area (TPSA) is 124 Å². The molecule has 2 bridgehead atoms. The highest BCUT2D eigenvalue weighted by molar-refractivity contribution is 5.98. The average Bonchev–Trinajstić information content (AvgIpc) is 3.17. The zero-order valence-electron chi connectivity index (χ0n) is 20.0. The molecule has 2 fully saturated rings. The van der Waals surface area contributed by atoms with Crippen LogP contribution >= 0.6 is 0 Å². The van der Waals surface area contributed by atoms with Crippen molar-refractivity contribution < 1.29 is 9.59 Å². The van der Waals surface area contributed by atoms with Gasteiger partial charge in [-0.05, 0) is 55.5 Å². The molecule has 8 heteroatoms. The average molecular weight is 483 g/mol.